The van der Waals surface area contributed by atoms with Crippen molar-refractivity contribution >= 4 is 29.3 Å². The van der Waals surface area contributed by atoms with E-state index in [9.17, 15) is 4.39 Å². The van der Waals surface area contributed by atoms with Crippen LogP contribution in [0.5, 0.6) is 0 Å². The molecule has 3 atom stereocenters. The molecule has 0 bridgehead atoms. The molecule has 1 unspecified atom stereocenters. The fraction of sp³-hybridized carbons (Fsp3) is 0.361. The molecular weight excluding hydrogens is 614 g/mol. The van der Waals surface area contributed by atoms with Crippen molar-refractivity contribution in [3.8, 4) is 5.69 Å². The molecule has 0 N–H and O–H groups in total. The Bertz CT molecular complexity index is 1610. The summed E-state index contributed by atoms with van der Waals surface area (Å²) in [6, 6.07) is 21.8. The lowest BCUT2D eigenvalue weighted by Crippen LogP contribution is -2.54. The predicted molar refractivity (Wildman–Crippen MR) is 172 cm³/mol. The summed E-state index contributed by atoms with van der Waals surface area (Å²) in [7, 11) is 0. The van der Waals surface area contributed by atoms with Crippen LogP contribution in [0, 0.1) is 11.2 Å². The van der Waals surface area contributed by atoms with Crippen molar-refractivity contribution in [3.05, 3.63) is 123 Å². The van der Waals surface area contributed by atoms with Crippen LogP contribution < -0.4 is 0 Å². The van der Waals surface area contributed by atoms with Crippen LogP contribution in [0.4, 0.5) is 4.39 Å². The normalized spacial score (nSPS) is 23.5. The molecule has 1 aliphatic heterocycles. The van der Waals surface area contributed by atoms with E-state index in [0.717, 1.165) is 47.3 Å². The van der Waals surface area contributed by atoms with Gasteiger partial charge in [0.2, 0.25) is 0 Å². The van der Waals surface area contributed by atoms with Gasteiger partial charge in [-0.3, -0.25) is 0 Å². The Morgan fingerprint density at radius 1 is 0.867 bits per heavy atom. The lowest BCUT2D eigenvalue weighted by molar-refractivity contribution is -0.252. The Labute approximate surface area is 272 Å². The van der Waals surface area contributed by atoms with E-state index in [2.05, 4.69) is 13.0 Å². The van der Waals surface area contributed by atoms with Gasteiger partial charge in [-0.2, -0.15) is 5.10 Å². The summed E-state index contributed by atoms with van der Waals surface area (Å²) in [5.41, 5.74) is 5.90. The van der Waals surface area contributed by atoms with E-state index in [1.54, 1.807) is 12.1 Å². The average molecular weight is 650 g/mol. The lowest BCUT2D eigenvalue weighted by atomic mass is 9.62. The number of aromatic nitrogens is 2. The first-order chi connectivity index (χ1) is 21.8. The molecule has 1 spiro atoms. The van der Waals surface area contributed by atoms with Crippen LogP contribution >= 0.6 is 23.2 Å². The van der Waals surface area contributed by atoms with Crippen LogP contribution in [0.3, 0.4) is 0 Å². The van der Waals surface area contributed by atoms with Gasteiger partial charge in [-0.1, -0.05) is 60.0 Å². The molecule has 4 aromatic rings. The van der Waals surface area contributed by atoms with Crippen LogP contribution in [-0.2, 0) is 38.6 Å². The summed E-state index contributed by atoms with van der Waals surface area (Å²) in [6.45, 7) is 3.86. The molecule has 7 rings (SSSR count). The van der Waals surface area contributed by atoms with Gasteiger partial charge in [-0.15, -0.1) is 0 Å². The van der Waals surface area contributed by atoms with Crippen LogP contribution in [0.2, 0.25) is 10.0 Å². The molecule has 2 fully saturated rings. The minimum atomic E-state index is -0.838. The molecule has 1 aromatic heterocycles. The standard InChI is InChI=1S/C36H35Cl2FN2O4/c1-35-18-26-19-40-41(31-14-12-30(39)13-15-31)32(26)17-27(35)3-2-16-36(35)44-33(22-42-20-24-4-8-28(37)9-5-24)34(45-36)23-43-21-25-6-10-29(38)11-7-25/h4-15,17,19,33-34H,2-3,16,18,20-23H2,1H3/t33-,34-,35?/m1/s1. The van der Waals surface area contributed by atoms with Crippen LogP contribution in [0.25, 0.3) is 11.8 Å². The van der Waals surface area contributed by atoms with Gasteiger partial charge in [0.15, 0.2) is 5.79 Å². The number of nitrogens with zero attached hydrogens (tertiary/aromatic N) is 2. The second-order valence-corrected chi connectivity index (χ2v) is 13.2. The van der Waals surface area contributed by atoms with Crippen molar-refractivity contribution in [3.63, 3.8) is 0 Å². The zero-order valence-corrected chi connectivity index (χ0v) is 26.6. The van der Waals surface area contributed by atoms with Gasteiger partial charge in [0, 0.05) is 21.9 Å². The zero-order valence-electron chi connectivity index (χ0n) is 25.1. The maximum Gasteiger partial charge on any atom is 0.178 e. The minimum Gasteiger partial charge on any atom is -0.374 e. The molecule has 1 saturated heterocycles. The number of ether oxygens (including phenoxy) is 4. The van der Waals surface area contributed by atoms with Gasteiger partial charge in [0.25, 0.3) is 0 Å². The molecule has 0 amide bonds. The van der Waals surface area contributed by atoms with E-state index >= 15 is 0 Å². The third kappa shape index (κ3) is 6.10. The van der Waals surface area contributed by atoms with E-state index < -0.39 is 11.2 Å². The second-order valence-electron chi connectivity index (χ2n) is 12.3. The van der Waals surface area contributed by atoms with Crippen LogP contribution in [0.15, 0.2) is 84.6 Å². The Hall–Kier alpha value is -3.04. The Balaban J connectivity index is 1.12. The Morgan fingerprint density at radius 2 is 1.44 bits per heavy atom. The molecule has 3 aliphatic rings. The first kappa shape index (κ1) is 30.6. The number of halogens is 3. The Morgan fingerprint density at radius 3 is 2.02 bits per heavy atom. The quantitative estimate of drug-likeness (QED) is 0.183. The number of rotatable bonds is 9. The fourth-order valence-electron chi connectivity index (χ4n) is 6.88. The number of hydrogen-bond acceptors (Lipinski definition) is 5. The summed E-state index contributed by atoms with van der Waals surface area (Å²) in [5.74, 6) is -1.11. The summed E-state index contributed by atoms with van der Waals surface area (Å²) in [6.07, 6.45) is 6.86. The molecule has 2 heterocycles. The van der Waals surface area contributed by atoms with Gasteiger partial charge in [0.05, 0.1) is 44.0 Å². The van der Waals surface area contributed by atoms with Crippen molar-refractivity contribution in [2.45, 2.75) is 63.8 Å². The van der Waals surface area contributed by atoms with Gasteiger partial charge >= 0.3 is 0 Å². The highest BCUT2D eigenvalue weighted by Gasteiger charge is 2.61. The smallest absolute Gasteiger partial charge is 0.178 e. The van der Waals surface area contributed by atoms with Crippen LogP contribution in [0.1, 0.15) is 48.6 Å². The van der Waals surface area contributed by atoms with Crippen molar-refractivity contribution < 1.29 is 23.3 Å². The second kappa shape index (κ2) is 12.6. The summed E-state index contributed by atoms with van der Waals surface area (Å²) in [4.78, 5) is 0. The zero-order chi connectivity index (χ0) is 31.0. The third-order valence-electron chi connectivity index (χ3n) is 9.34. The molecule has 9 heteroatoms. The lowest BCUT2D eigenvalue weighted by Gasteiger charge is -2.51. The van der Waals surface area contributed by atoms with E-state index in [1.807, 2.05) is 59.4 Å². The van der Waals surface area contributed by atoms with E-state index in [-0.39, 0.29) is 18.0 Å². The fourth-order valence-corrected chi connectivity index (χ4v) is 7.13. The maximum absolute atomic E-state index is 13.6. The predicted octanol–water partition coefficient (Wildman–Crippen LogP) is 8.36. The highest BCUT2D eigenvalue weighted by atomic mass is 35.5. The van der Waals surface area contributed by atoms with Crippen molar-refractivity contribution in [2.24, 2.45) is 5.41 Å². The average Bonchev–Trinajstić information content (AvgIpc) is 3.60. The molecule has 0 radical (unpaired) electrons. The van der Waals surface area contributed by atoms with E-state index in [4.69, 9.17) is 47.2 Å². The number of benzene rings is 3. The molecule has 6 nitrogen and oxygen atoms in total. The Kier molecular flexibility index (Phi) is 8.59. The van der Waals surface area contributed by atoms with Gasteiger partial charge < -0.3 is 18.9 Å². The monoisotopic (exact) mass is 648 g/mol. The molecule has 2 aliphatic carbocycles. The maximum atomic E-state index is 13.6. The van der Waals surface area contributed by atoms with Gasteiger partial charge in [-0.05, 0) is 90.6 Å². The molecule has 234 valence electrons. The highest BCUT2D eigenvalue weighted by Crippen LogP contribution is 2.58. The minimum absolute atomic E-state index is 0.270. The van der Waals surface area contributed by atoms with Gasteiger partial charge in [-0.25, -0.2) is 9.07 Å². The van der Waals surface area contributed by atoms with Gasteiger partial charge in [0.1, 0.15) is 18.0 Å². The third-order valence-corrected chi connectivity index (χ3v) is 9.84. The molecule has 45 heavy (non-hydrogen) atoms. The molecular formula is C36H35Cl2FN2O4. The van der Waals surface area contributed by atoms with E-state index in [1.165, 1.54) is 17.7 Å². The van der Waals surface area contributed by atoms with E-state index in [0.29, 0.717) is 42.9 Å². The summed E-state index contributed by atoms with van der Waals surface area (Å²) in [5, 5.41) is 6.08. The SMILES string of the molecule is CC12Cc3cnn(-c4ccc(F)cc4)c3C=C1CCCC21O[C@H](COCc2ccc(Cl)cc2)[C@@H](COCc2ccc(Cl)cc2)O1. The first-order valence-corrected chi connectivity index (χ1v) is 16.1. The molecule has 3 aromatic carbocycles. The molecule has 1 saturated carbocycles. The number of fused-ring (bicyclic) bond motifs is 3. The summed E-state index contributed by atoms with van der Waals surface area (Å²) >= 11 is 12.1. The summed E-state index contributed by atoms with van der Waals surface area (Å²) < 4.78 is 41.9. The van der Waals surface area contributed by atoms with Crippen molar-refractivity contribution in [1.82, 2.24) is 9.78 Å². The van der Waals surface area contributed by atoms with Crippen molar-refractivity contribution in [2.75, 3.05) is 13.2 Å². The highest BCUT2D eigenvalue weighted by molar-refractivity contribution is 6.30. The largest absolute Gasteiger partial charge is 0.374 e. The first-order valence-electron chi connectivity index (χ1n) is 15.4. The number of hydrogen-bond donors (Lipinski definition) is 0. The van der Waals surface area contributed by atoms with Crippen LogP contribution in [-0.4, -0.2) is 41.0 Å². The topological polar surface area (TPSA) is 54.7 Å². The van der Waals surface area contributed by atoms with Crippen molar-refractivity contribution in [1.29, 1.82) is 0 Å².